The average molecular weight is 641 g/mol. The van der Waals surface area contributed by atoms with Crippen LogP contribution in [0.3, 0.4) is 0 Å². The quantitative estimate of drug-likeness (QED) is 0.192. The summed E-state index contributed by atoms with van der Waals surface area (Å²) in [7, 11) is 0. The lowest BCUT2D eigenvalue weighted by atomic mass is 9.82. The summed E-state index contributed by atoms with van der Waals surface area (Å²) in [5.41, 5.74) is 11.7. The van der Waals surface area contributed by atoms with Gasteiger partial charge in [0.05, 0.1) is 11.0 Å². The number of nitrogens with zero attached hydrogens (tertiary/aromatic N) is 4. The van der Waals surface area contributed by atoms with E-state index in [4.69, 9.17) is 15.0 Å². The highest BCUT2D eigenvalue weighted by molar-refractivity contribution is 6.11. The molecule has 2 aromatic heterocycles. The van der Waals surface area contributed by atoms with Gasteiger partial charge in [0.25, 0.3) is 0 Å². The van der Waals surface area contributed by atoms with E-state index in [2.05, 4.69) is 146 Å². The van der Waals surface area contributed by atoms with Crippen LogP contribution in [-0.2, 0) is 5.41 Å². The van der Waals surface area contributed by atoms with Crippen LogP contribution in [0.4, 0.5) is 0 Å². The molecule has 0 radical (unpaired) electrons. The zero-order valence-electron chi connectivity index (χ0n) is 27.8. The first kappa shape index (κ1) is 28.6. The van der Waals surface area contributed by atoms with Gasteiger partial charge in [-0.05, 0) is 81.6 Å². The second-order valence-corrected chi connectivity index (χ2v) is 13.7. The van der Waals surface area contributed by atoms with E-state index >= 15 is 0 Å². The number of aromatic nitrogens is 4. The van der Waals surface area contributed by atoms with Gasteiger partial charge in [0.1, 0.15) is 0 Å². The Kier molecular flexibility index (Phi) is 6.19. The molecule has 0 saturated carbocycles. The van der Waals surface area contributed by atoms with E-state index in [1.165, 1.54) is 49.4 Å². The second-order valence-electron chi connectivity index (χ2n) is 13.7. The molecule has 0 unspecified atom stereocenters. The molecule has 236 valence electrons. The van der Waals surface area contributed by atoms with Crippen LogP contribution in [0.15, 0.2) is 158 Å². The van der Waals surface area contributed by atoms with Crippen LogP contribution in [0.5, 0.6) is 0 Å². The van der Waals surface area contributed by atoms with Crippen molar-refractivity contribution in [2.45, 2.75) is 19.3 Å². The normalized spacial score (nSPS) is 13.2. The number of hydrogen-bond donors (Lipinski definition) is 0. The van der Waals surface area contributed by atoms with Gasteiger partial charge in [-0.25, -0.2) is 15.0 Å². The van der Waals surface area contributed by atoms with Crippen molar-refractivity contribution in [3.63, 3.8) is 0 Å². The Morgan fingerprint density at radius 2 is 1.04 bits per heavy atom. The Balaban J connectivity index is 1.12. The van der Waals surface area contributed by atoms with E-state index < -0.39 is 0 Å². The lowest BCUT2D eigenvalue weighted by Gasteiger charge is -2.21. The van der Waals surface area contributed by atoms with Crippen LogP contribution in [0.2, 0.25) is 0 Å². The number of para-hydroxylation sites is 1. The van der Waals surface area contributed by atoms with E-state index in [9.17, 15) is 0 Å². The first-order valence-corrected chi connectivity index (χ1v) is 17.1. The smallest absolute Gasteiger partial charge is 0.164 e. The summed E-state index contributed by atoms with van der Waals surface area (Å²) in [4.78, 5) is 15.0. The summed E-state index contributed by atoms with van der Waals surface area (Å²) in [5.74, 6) is 1.96. The molecule has 4 nitrogen and oxygen atoms in total. The van der Waals surface area contributed by atoms with Crippen LogP contribution in [0.25, 0.3) is 83.6 Å². The van der Waals surface area contributed by atoms with Crippen molar-refractivity contribution in [2.75, 3.05) is 0 Å². The first-order valence-electron chi connectivity index (χ1n) is 17.1. The van der Waals surface area contributed by atoms with Crippen molar-refractivity contribution < 1.29 is 0 Å². The zero-order chi connectivity index (χ0) is 33.4. The fraction of sp³-hybridized carbons (Fsp3) is 0.0652. The molecule has 0 amide bonds. The lowest BCUT2D eigenvalue weighted by molar-refractivity contribution is 0.661. The monoisotopic (exact) mass is 640 g/mol. The van der Waals surface area contributed by atoms with Gasteiger partial charge in [-0.1, -0.05) is 123 Å². The minimum atomic E-state index is -0.0802. The van der Waals surface area contributed by atoms with Crippen LogP contribution in [0, 0.1) is 0 Å². The van der Waals surface area contributed by atoms with Gasteiger partial charge in [0, 0.05) is 38.6 Å². The Morgan fingerprint density at radius 3 is 1.84 bits per heavy atom. The van der Waals surface area contributed by atoms with Crippen LogP contribution in [0.1, 0.15) is 25.0 Å². The van der Waals surface area contributed by atoms with Gasteiger partial charge < -0.3 is 4.57 Å². The summed E-state index contributed by atoms with van der Waals surface area (Å²) in [5, 5.41) is 4.86. The molecule has 0 atom stereocenters. The molecular formula is C46H32N4. The minimum absolute atomic E-state index is 0.0802. The third kappa shape index (κ3) is 4.35. The van der Waals surface area contributed by atoms with Gasteiger partial charge >= 0.3 is 0 Å². The largest absolute Gasteiger partial charge is 0.309 e. The van der Waals surface area contributed by atoms with Gasteiger partial charge in [-0.15, -0.1) is 0 Å². The summed E-state index contributed by atoms with van der Waals surface area (Å²) < 4.78 is 2.40. The van der Waals surface area contributed by atoms with Crippen molar-refractivity contribution >= 4 is 32.6 Å². The summed E-state index contributed by atoms with van der Waals surface area (Å²) in [6, 6.07) is 56.0. The van der Waals surface area contributed by atoms with Gasteiger partial charge in [-0.3, -0.25) is 0 Å². The van der Waals surface area contributed by atoms with Crippen molar-refractivity contribution in [3.05, 3.63) is 169 Å². The highest BCUT2D eigenvalue weighted by Gasteiger charge is 2.36. The maximum Gasteiger partial charge on any atom is 0.164 e. The SMILES string of the molecule is CC1(C)c2ccccc2-c2cc3c4ccccc4n(-c4ccc(-c5nc(-c6ccccc6)nc(-c6ccc7ccccc7c6)n5)cc4)c3cc21. The zero-order valence-corrected chi connectivity index (χ0v) is 27.8. The molecule has 0 N–H and O–H groups in total. The fourth-order valence-electron chi connectivity index (χ4n) is 7.88. The molecule has 0 aliphatic heterocycles. The number of fused-ring (bicyclic) bond motifs is 7. The molecule has 10 rings (SSSR count). The topological polar surface area (TPSA) is 43.6 Å². The van der Waals surface area contributed by atoms with E-state index in [0.29, 0.717) is 17.5 Å². The Bertz CT molecular complexity index is 2770. The molecule has 4 heteroatoms. The van der Waals surface area contributed by atoms with Crippen molar-refractivity contribution in [1.29, 1.82) is 0 Å². The lowest BCUT2D eigenvalue weighted by Crippen LogP contribution is -2.14. The Hall–Kier alpha value is -6.39. The van der Waals surface area contributed by atoms with Crippen molar-refractivity contribution in [1.82, 2.24) is 19.5 Å². The predicted molar refractivity (Wildman–Crippen MR) is 206 cm³/mol. The van der Waals surface area contributed by atoms with E-state index in [1.54, 1.807) is 0 Å². The number of hydrogen-bond acceptors (Lipinski definition) is 3. The third-order valence-electron chi connectivity index (χ3n) is 10.4. The van der Waals surface area contributed by atoms with E-state index in [1.807, 2.05) is 30.3 Å². The van der Waals surface area contributed by atoms with E-state index in [0.717, 1.165) is 27.8 Å². The van der Waals surface area contributed by atoms with Gasteiger partial charge in [0.2, 0.25) is 0 Å². The second kappa shape index (κ2) is 10.8. The maximum atomic E-state index is 5.04. The molecule has 7 aromatic carbocycles. The Labute approximate surface area is 290 Å². The third-order valence-corrected chi connectivity index (χ3v) is 10.4. The van der Waals surface area contributed by atoms with Gasteiger partial charge in [0.15, 0.2) is 17.5 Å². The van der Waals surface area contributed by atoms with Gasteiger partial charge in [-0.2, -0.15) is 0 Å². The molecule has 2 heterocycles. The average Bonchev–Trinajstić information content (AvgIpc) is 3.62. The van der Waals surface area contributed by atoms with E-state index in [-0.39, 0.29) is 5.41 Å². The van der Waals surface area contributed by atoms with Crippen LogP contribution >= 0.6 is 0 Å². The highest BCUT2D eigenvalue weighted by Crippen LogP contribution is 2.51. The molecule has 0 fully saturated rings. The van der Waals surface area contributed by atoms with Crippen LogP contribution < -0.4 is 0 Å². The van der Waals surface area contributed by atoms with Crippen LogP contribution in [-0.4, -0.2) is 19.5 Å². The first-order chi connectivity index (χ1) is 24.5. The molecule has 0 saturated heterocycles. The summed E-state index contributed by atoms with van der Waals surface area (Å²) >= 11 is 0. The molecule has 0 bridgehead atoms. The molecular weight excluding hydrogens is 609 g/mol. The number of rotatable bonds is 4. The predicted octanol–water partition coefficient (Wildman–Crippen LogP) is 11.4. The summed E-state index contributed by atoms with van der Waals surface area (Å²) in [6.07, 6.45) is 0. The minimum Gasteiger partial charge on any atom is -0.309 e. The molecule has 0 spiro atoms. The number of benzene rings is 7. The molecule has 1 aliphatic rings. The van der Waals surface area contributed by atoms with Crippen molar-refractivity contribution in [2.24, 2.45) is 0 Å². The van der Waals surface area contributed by atoms with Crippen molar-refractivity contribution in [3.8, 4) is 51.0 Å². The summed E-state index contributed by atoms with van der Waals surface area (Å²) in [6.45, 7) is 4.69. The molecule has 1 aliphatic carbocycles. The fourth-order valence-corrected chi connectivity index (χ4v) is 7.88. The molecule has 9 aromatic rings. The maximum absolute atomic E-state index is 5.04. The highest BCUT2D eigenvalue weighted by atomic mass is 15.0. The molecule has 50 heavy (non-hydrogen) atoms. The Morgan fingerprint density at radius 1 is 0.420 bits per heavy atom. The standard InChI is InChI=1S/C46H32N4/c1-46(2)39-18-10-8-16-35(39)37-27-38-36-17-9-11-19-41(36)50(42(38)28-40(37)46)34-24-22-31(23-25-34)44-47-43(30-13-4-3-5-14-30)48-45(49-44)33-21-20-29-12-6-7-15-32(29)26-33/h3-28H,1-2H3.